The van der Waals surface area contributed by atoms with Gasteiger partial charge in [-0.15, -0.1) is 0 Å². The summed E-state index contributed by atoms with van der Waals surface area (Å²) >= 11 is 0. The van der Waals surface area contributed by atoms with Crippen molar-refractivity contribution in [2.75, 3.05) is 18.8 Å². The fourth-order valence-electron chi connectivity index (χ4n) is 4.80. The van der Waals surface area contributed by atoms with Gasteiger partial charge in [0.25, 0.3) is 0 Å². The molecule has 1 aliphatic carbocycles. The van der Waals surface area contributed by atoms with Crippen LogP contribution < -0.4 is 5.73 Å². The molecule has 2 fully saturated rings. The third kappa shape index (κ3) is 2.85. The van der Waals surface area contributed by atoms with Gasteiger partial charge in [0.05, 0.1) is 0 Å². The van der Waals surface area contributed by atoms with E-state index < -0.39 is 0 Å². The number of anilines is 1. The largest absolute Gasteiger partial charge is 0.399 e. The Labute approximate surface area is 123 Å². The van der Waals surface area contributed by atoms with Crippen LogP contribution in [0.25, 0.3) is 0 Å². The highest BCUT2D eigenvalue weighted by atomic mass is 15.2. The Hall–Kier alpha value is -1.02. The number of hydrogen-bond acceptors (Lipinski definition) is 2. The summed E-state index contributed by atoms with van der Waals surface area (Å²) in [6.07, 6.45) is 5.30. The van der Waals surface area contributed by atoms with Gasteiger partial charge in [-0.3, -0.25) is 4.90 Å². The van der Waals surface area contributed by atoms with Crippen molar-refractivity contribution in [1.82, 2.24) is 4.90 Å². The van der Waals surface area contributed by atoms with E-state index in [-0.39, 0.29) is 0 Å². The second-order valence-corrected chi connectivity index (χ2v) is 8.18. The van der Waals surface area contributed by atoms with Crippen molar-refractivity contribution >= 4 is 5.69 Å². The highest BCUT2D eigenvalue weighted by Gasteiger charge is 2.49. The molecule has 3 rings (SSSR count). The lowest BCUT2D eigenvalue weighted by molar-refractivity contribution is 0.127. The molecule has 1 saturated carbocycles. The van der Waals surface area contributed by atoms with Gasteiger partial charge in [-0.25, -0.2) is 0 Å². The molecule has 110 valence electrons. The van der Waals surface area contributed by atoms with Crippen LogP contribution in [-0.4, -0.2) is 24.0 Å². The zero-order valence-corrected chi connectivity index (χ0v) is 13.2. The van der Waals surface area contributed by atoms with Crippen LogP contribution in [0.15, 0.2) is 24.3 Å². The van der Waals surface area contributed by atoms with Gasteiger partial charge in [0.2, 0.25) is 0 Å². The quantitative estimate of drug-likeness (QED) is 0.850. The molecular formula is C18H28N2. The Morgan fingerprint density at radius 3 is 2.55 bits per heavy atom. The molecule has 2 heteroatoms. The number of rotatable bonds is 3. The summed E-state index contributed by atoms with van der Waals surface area (Å²) in [6.45, 7) is 9.86. The van der Waals surface area contributed by atoms with Gasteiger partial charge >= 0.3 is 0 Å². The summed E-state index contributed by atoms with van der Waals surface area (Å²) in [7, 11) is 0. The number of nitrogen functional groups attached to an aromatic ring is 1. The predicted molar refractivity (Wildman–Crippen MR) is 85.7 cm³/mol. The second-order valence-electron chi connectivity index (χ2n) is 8.18. The van der Waals surface area contributed by atoms with Gasteiger partial charge in [0.15, 0.2) is 0 Å². The van der Waals surface area contributed by atoms with Crippen LogP contribution in [0.2, 0.25) is 0 Å². The van der Waals surface area contributed by atoms with E-state index in [4.69, 9.17) is 5.73 Å². The first-order valence-electron chi connectivity index (χ1n) is 7.94. The molecule has 0 spiro atoms. The summed E-state index contributed by atoms with van der Waals surface area (Å²) in [5.41, 5.74) is 9.09. The van der Waals surface area contributed by atoms with Crippen molar-refractivity contribution in [3.8, 4) is 0 Å². The zero-order chi connectivity index (χ0) is 14.4. The molecule has 1 saturated heterocycles. The van der Waals surface area contributed by atoms with Crippen molar-refractivity contribution in [3.63, 3.8) is 0 Å². The molecular weight excluding hydrogens is 244 g/mol. The molecule has 1 aromatic rings. The van der Waals surface area contributed by atoms with Crippen molar-refractivity contribution < 1.29 is 0 Å². The second kappa shape index (κ2) is 4.77. The van der Waals surface area contributed by atoms with Crippen LogP contribution in [0.1, 0.15) is 45.6 Å². The van der Waals surface area contributed by atoms with Crippen molar-refractivity contribution in [2.24, 2.45) is 10.8 Å². The fraction of sp³-hybridized carbons (Fsp3) is 0.667. The standard InChI is InChI=1S/C18H28N2/c1-17(2)10-16-11-18(3,12-17)13-20(16)9-8-14-4-6-15(19)7-5-14/h4-7,16H,8-13,19H2,1-3H3. The molecule has 1 aliphatic heterocycles. The molecule has 1 aromatic carbocycles. The first-order chi connectivity index (χ1) is 9.35. The Balaban J connectivity index is 1.63. The number of nitrogens with zero attached hydrogens (tertiary/aromatic N) is 1. The van der Waals surface area contributed by atoms with E-state index in [1.54, 1.807) is 0 Å². The number of nitrogens with two attached hydrogens (primary N) is 1. The maximum atomic E-state index is 5.75. The van der Waals surface area contributed by atoms with Crippen LogP contribution in [0.3, 0.4) is 0 Å². The molecule has 20 heavy (non-hydrogen) atoms. The summed E-state index contributed by atoms with van der Waals surface area (Å²) < 4.78 is 0. The van der Waals surface area contributed by atoms with Crippen molar-refractivity contribution in [3.05, 3.63) is 29.8 Å². The first-order valence-corrected chi connectivity index (χ1v) is 7.94. The van der Waals surface area contributed by atoms with E-state index in [0.717, 1.165) is 18.2 Å². The van der Waals surface area contributed by atoms with Crippen molar-refractivity contribution in [2.45, 2.75) is 52.5 Å². The summed E-state index contributed by atoms with van der Waals surface area (Å²) in [5, 5.41) is 0. The monoisotopic (exact) mass is 272 g/mol. The van der Waals surface area contributed by atoms with Gasteiger partial charge in [0, 0.05) is 24.8 Å². The average Bonchev–Trinajstić information content (AvgIpc) is 2.57. The topological polar surface area (TPSA) is 29.3 Å². The number of hydrogen-bond donors (Lipinski definition) is 1. The first kappa shape index (κ1) is 13.9. The van der Waals surface area contributed by atoms with Crippen LogP contribution in [-0.2, 0) is 6.42 Å². The maximum Gasteiger partial charge on any atom is 0.0314 e. The molecule has 0 radical (unpaired) electrons. The average molecular weight is 272 g/mol. The van der Waals surface area contributed by atoms with E-state index in [0.29, 0.717) is 10.8 Å². The molecule has 1 heterocycles. The van der Waals surface area contributed by atoms with Crippen LogP contribution in [0.5, 0.6) is 0 Å². The molecule has 0 amide bonds. The lowest BCUT2D eigenvalue weighted by atomic mass is 9.65. The smallest absolute Gasteiger partial charge is 0.0314 e. The number of fused-ring (bicyclic) bond motifs is 2. The lowest BCUT2D eigenvalue weighted by Crippen LogP contribution is -2.35. The predicted octanol–water partition coefficient (Wildman–Crippen LogP) is 3.71. The van der Waals surface area contributed by atoms with Gasteiger partial charge in [-0.1, -0.05) is 32.9 Å². The highest BCUT2D eigenvalue weighted by molar-refractivity contribution is 5.39. The Morgan fingerprint density at radius 2 is 1.85 bits per heavy atom. The third-order valence-electron chi connectivity index (χ3n) is 5.19. The third-order valence-corrected chi connectivity index (χ3v) is 5.19. The van der Waals surface area contributed by atoms with Gasteiger partial charge in [0.1, 0.15) is 0 Å². The minimum atomic E-state index is 0.521. The fourth-order valence-corrected chi connectivity index (χ4v) is 4.80. The minimum absolute atomic E-state index is 0.521. The highest BCUT2D eigenvalue weighted by Crippen LogP contribution is 2.52. The van der Waals surface area contributed by atoms with Crippen LogP contribution in [0.4, 0.5) is 5.69 Å². The molecule has 2 aliphatic rings. The Kier molecular flexibility index (Phi) is 3.32. The zero-order valence-electron chi connectivity index (χ0n) is 13.2. The van der Waals surface area contributed by atoms with E-state index in [1.165, 1.54) is 37.9 Å². The van der Waals surface area contributed by atoms with Crippen molar-refractivity contribution in [1.29, 1.82) is 0 Å². The minimum Gasteiger partial charge on any atom is -0.399 e. The summed E-state index contributed by atoms with van der Waals surface area (Å²) in [4.78, 5) is 2.74. The molecule has 2 unspecified atom stereocenters. The van der Waals surface area contributed by atoms with E-state index >= 15 is 0 Å². The molecule has 2 atom stereocenters. The molecule has 2 N–H and O–H groups in total. The Bertz CT molecular complexity index is 477. The molecule has 2 bridgehead atoms. The van der Waals surface area contributed by atoms with E-state index in [1.807, 2.05) is 12.1 Å². The number of benzene rings is 1. The number of likely N-dealkylation sites (tertiary alicyclic amines) is 1. The van der Waals surface area contributed by atoms with Gasteiger partial charge < -0.3 is 5.73 Å². The summed E-state index contributed by atoms with van der Waals surface area (Å²) in [5.74, 6) is 0. The molecule has 2 nitrogen and oxygen atoms in total. The van der Waals surface area contributed by atoms with Gasteiger partial charge in [-0.05, 0) is 54.2 Å². The molecule has 0 aromatic heterocycles. The normalized spacial score (nSPS) is 32.5. The van der Waals surface area contributed by atoms with Crippen LogP contribution >= 0.6 is 0 Å². The summed E-state index contributed by atoms with van der Waals surface area (Å²) in [6, 6.07) is 9.17. The Morgan fingerprint density at radius 1 is 1.15 bits per heavy atom. The maximum absolute atomic E-state index is 5.75. The van der Waals surface area contributed by atoms with Crippen LogP contribution in [0, 0.1) is 10.8 Å². The lowest BCUT2D eigenvalue weighted by Gasteiger charge is -2.40. The SMILES string of the molecule is CC1(C)CC2CC(C)(CN2CCc2ccc(N)cc2)C1. The van der Waals surface area contributed by atoms with E-state index in [9.17, 15) is 0 Å². The van der Waals surface area contributed by atoms with E-state index in [2.05, 4.69) is 37.8 Å². The van der Waals surface area contributed by atoms with Gasteiger partial charge in [-0.2, -0.15) is 0 Å².